The van der Waals surface area contributed by atoms with E-state index >= 15 is 0 Å². The van der Waals surface area contributed by atoms with Gasteiger partial charge in [-0.15, -0.1) is 0 Å². The van der Waals surface area contributed by atoms with Gasteiger partial charge in [0.1, 0.15) is 12.2 Å². The van der Waals surface area contributed by atoms with E-state index in [-0.39, 0.29) is 23.6 Å². The van der Waals surface area contributed by atoms with Crippen molar-refractivity contribution in [3.05, 3.63) is 87.5 Å². The number of esters is 2. The zero-order valence-electron chi connectivity index (χ0n) is 19.4. The summed E-state index contributed by atoms with van der Waals surface area (Å²) in [5.41, 5.74) is 0.175. The first-order valence-electron chi connectivity index (χ1n) is 10.5. The van der Waals surface area contributed by atoms with Gasteiger partial charge in [0, 0.05) is 11.5 Å². The van der Waals surface area contributed by atoms with Crippen molar-refractivity contribution in [3.63, 3.8) is 0 Å². The van der Waals surface area contributed by atoms with Crippen LogP contribution in [0.1, 0.15) is 36.7 Å². The molecule has 176 valence electrons. The number of carbonyl (C=O) groups excluding carboxylic acids is 2. The lowest BCUT2D eigenvalue weighted by Gasteiger charge is -2.21. The Balaban J connectivity index is 1.98. The molecule has 0 atom stereocenters. The van der Waals surface area contributed by atoms with Gasteiger partial charge in [0.05, 0.1) is 23.2 Å². The average molecular weight is 463 g/mol. The fourth-order valence-corrected chi connectivity index (χ4v) is 3.21. The predicted molar refractivity (Wildman–Crippen MR) is 128 cm³/mol. The number of carbonyl (C=O) groups is 2. The van der Waals surface area contributed by atoms with E-state index in [4.69, 9.17) is 14.2 Å². The van der Waals surface area contributed by atoms with Crippen LogP contribution in [0.3, 0.4) is 0 Å². The highest BCUT2D eigenvalue weighted by atomic mass is 16.6. The summed E-state index contributed by atoms with van der Waals surface area (Å²) in [6, 6.07) is 16.6. The molecule has 3 aromatic carbocycles. The summed E-state index contributed by atoms with van der Waals surface area (Å²) in [6.07, 6.45) is 1.56. The van der Waals surface area contributed by atoms with E-state index in [0.717, 1.165) is 5.39 Å². The van der Waals surface area contributed by atoms with E-state index in [9.17, 15) is 19.7 Å². The van der Waals surface area contributed by atoms with E-state index in [2.05, 4.69) is 0 Å². The van der Waals surface area contributed by atoms with Crippen LogP contribution in [0.2, 0.25) is 0 Å². The summed E-state index contributed by atoms with van der Waals surface area (Å²) < 4.78 is 16.1. The van der Waals surface area contributed by atoms with Gasteiger partial charge in [-0.05, 0) is 56.0 Å². The highest BCUT2D eigenvalue weighted by Crippen LogP contribution is 2.35. The minimum absolute atomic E-state index is 0.0681. The molecule has 3 rings (SSSR count). The molecule has 8 nitrogen and oxygen atoms in total. The van der Waals surface area contributed by atoms with Gasteiger partial charge in [0.2, 0.25) is 5.75 Å². The fourth-order valence-electron chi connectivity index (χ4n) is 3.21. The summed E-state index contributed by atoms with van der Waals surface area (Å²) in [5.74, 6) is -1.03. The molecule has 0 saturated heterocycles. The smallest absolute Gasteiger partial charge is 0.338 e. The molecule has 0 spiro atoms. The highest BCUT2D eigenvalue weighted by molar-refractivity contribution is 5.95. The number of ether oxygens (including phenoxy) is 3. The molecule has 0 N–H and O–H groups in total. The molecular formula is C26H25NO7. The van der Waals surface area contributed by atoms with Crippen molar-refractivity contribution < 1.29 is 28.7 Å². The van der Waals surface area contributed by atoms with Crippen molar-refractivity contribution >= 4 is 34.5 Å². The molecular weight excluding hydrogens is 438 g/mol. The van der Waals surface area contributed by atoms with E-state index in [1.807, 2.05) is 12.1 Å². The second-order valence-corrected chi connectivity index (χ2v) is 8.47. The van der Waals surface area contributed by atoms with Gasteiger partial charge in [0.15, 0.2) is 0 Å². The van der Waals surface area contributed by atoms with E-state index < -0.39 is 22.5 Å². The maximum atomic E-state index is 12.9. The van der Waals surface area contributed by atoms with Gasteiger partial charge >= 0.3 is 17.6 Å². The minimum atomic E-state index is -0.754. The van der Waals surface area contributed by atoms with Gasteiger partial charge in [0.25, 0.3) is 0 Å². The summed E-state index contributed by atoms with van der Waals surface area (Å²) >= 11 is 0. The molecule has 0 radical (unpaired) electrons. The van der Waals surface area contributed by atoms with Crippen LogP contribution in [-0.4, -0.2) is 36.2 Å². The average Bonchev–Trinajstić information content (AvgIpc) is 2.80. The maximum Gasteiger partial charge on any atom is 0.338 e. The van der Waals surface area contributed by atoms with Gasteiger partial charge < -0.3 is 14.2 Å². The standard InChI is InChI=1S/C26H25NO7/c1-26(2,3)34-25(29)20(15-17-9-11-19(12-10-17)24(28)32-4)16-33-23-21-8-6-5-7-18(21)13-14-22(23)27(30)31/h5-15H,16H2,1-4H3/b20-15-. The van der Waals surface area contributed by atoms with Crippen molar-refractivity contribution in [2.75, 3.05) is 13.7 Å². The highest BCUT2D eigenvalue weighted by Gasteiger charge is 2.23. The summed E-state index contributed by atoms with van der Waals surface area (Å²) in [5, 5.41) is 12.9. The first-order chi connectivity index (χ1) is 16.1. The van der Waals surface area contributed by atoms with Crippen LogP contribution in [0, 0.1) is 10.1 Å². The van der Waals surface area contributed by atoms with Gasteiger partial charge in [-0.25, -0.2) is 9.59 Å². The number of nitro benzene ring substituents is 1. The quantitative estimate of drug-likeness (QED) is 0.202. The van der Waals surface area contributed by atoms with Gasteiger partial charge in [-0.3, -0.25) is 10.1 Å². The second kappa shape index (κ2) is 10.2. The summed E-state index contributed by atoms with van der Waals surface area (Å²) in [4.78, 5) is 35.7. The number of nitro groups is 1. The van der Waals surface area contributed by atoms with Gasteiger partial charge in [-0.1, -0.05) is 36.4 Å². The third kappa shape index (κ3) is 5.98. The maximum absolute atomic E-state index is 12.9. The fraction of sp³-hybridized carbons (Fsp3) is 0.231. The van der Waals surface area contributed by atoms with Gasteiger partial charge in [-0.2, -0.15) is 0 Å². The molecule has 0 saturated carbocycles. The van der Waals surface area contributed by atoms with Crippen molar-refractivity contribution in [1.29, 1.82) is 0 Å². The number of hydrogen-bond donors (Lipinski definition) is 0. The Kier molecular flexibility index (Phi) is 7.31. The third-order valence-electron chi connectivity index (χ3n) is 4.76. The van der Waals surface area contributed by atoms with Crippen LogP contribution in [-0.2, 0) is 14.3 Å². The zero-order valence-corrected chi connectivity index (χ0v) is 19.4. The first kappa shape index (κ1) is 24.4. The number of fused-ring (bicyclic) bond motifs is 1. The summed E-state index contributed by atoms with van der Waals surface area (Å²) in [7, 11) is 1.29. The Morgan fingerprint density at radius 1 is 1.00 bits per heavy atom. The molecule has 3 aromatic rings. The molecule has 0 aliphatic heterocycles. The molecule has 0 fully saturated rings. The monoisotopic (exact) mass is 463 g/mol. The van der Waals surface area contributed by atoms with Crippen molar-refractivity contribution in [2.24, 2.45) is 0 Å². The molecule has 0 amide bonds. The second-order valence-electron chi connectivity index (χ2n) is 8.47. The minimum Gasteiger partial charge on any atom is -0.481 e. The van der Waals surface area contributed by atoms with E-state index in [1.165, 1.54) is 13.2 Å². The van der Waals surface area contributed by atoms with Crippen molar-refractivity contribution in [2.45, 2.75) is 26.4 Å². The zero-order chi connectivity index (χ0) is 24.9. The first-order valence-corrected chi connectivity index (χ1v) is 10.5. The van der Waals surface area contributed by atoms with E-state index in [0.29, 0.717) is 16.5 Å². The Morgan fingerprint density at radius 2 is 1.68 bits per heavy atom. The molecule has 8 heteroatoms. The molecule has 0 aliphatic carbocycles. The Bertz CT molecular complexity index is 1250. The Labute approximate surface area is 196 Å². The number of rotatable bonds is 7. The third-order valence-corrected chi connectivity index (χ3v) is 4.76. The number of benzene rings is 3. The van der Waals surface area contributed by atoms with Crippen LogP contribution < -0.4 is 4.74 Å². The molecule has 0 heterocycles. The van der Waals surface area contributed by atoms with Crippen LogP contribution in [0.4, 0.5) is 5.69 Å². The van der Waals surface area contributed by atoms with Crippen LogP contribution in [0.15, 0.2) is 66.2 Å². The van der Waals surface area contributed by atoms with E-state index in [1.54, 1.807) is 69.3 Å². The molecule has 0 unspecified atom stereocenters. The largest absolute Gasteiger partial charge is 0.481 e. The number of nitrogens with zero attached hydrogens (tertiary/aromatic N) is 1. The summed E-state index contributed by atoms with van der Waals surface area (Å²) in [6.45, 7) is 4.96. The normalized spacial score (nSPS) is 11.7. The lowest BCUT2D eigenvalue weighted by molar-refractivity contribution is -0.385. The Hall–Kier alpha value is -4.20. The topological polar surface area (TPSA) is 105 Å². The van der Waals surface area contributed by atoms with Crippen LogP contribution in [0.5, 0.6) is 5.75 Å². The van der Waals surface area contributed by atoms with Crippen molar-refractivity contribution in [3.8, 4) is 5.75 Å². The van der Waals surface area contributed by atoms with Crippen molar-refractivity contribution in [1.82, 2.24) is 0 Å². The number of hydrogen-bond acceptors (Lipinski definition) is 7. The lowest BCUT2D eigenvalue weighted by atomic mass is 10.1. The molecule has 0 aliphatic rings. The predicted octanol–water partition coefficient (Wildman–Crippen LogP) is 5.34. The molecule has 0 bridgehead atoms. The van der Waals surface area contributed by atoms with Crippen LogP contribution >= 0.6 is 0 Å². The number of methoxy groups -OCH3 is 1. The molecule has 0 aromatic heterocycles. The SMILES string of the molecule is COC(=O)c1ccc(/C=C(/COc2c([N+](=O)[O-])ccc3ccccc23)C(=O)OC(C)(C)C)cc1. The Morgan fingerprint density at radius 3 is 2.29 bits per heavy atom. The molecule has 34 heavy (non-hydrogen) atoms. The van der Waals surface area contributed by atoms with Crippen LogP contribution in [0.25, 0.3) is 16.8 Å². The lowest BCUT2D eigenvalue weighted by Crippen LogP contribution is -2.26.